The Kier molecular flexibility index (Phi) is 7.97. The van der Waals surface area contributed by atoms with Gasteiger partial charge in [0.05, 0.1) is 14.9 Å². The molecule has 33 heavy (non-hydrogen) atoms. The number of hydrogen-bond acceptors (Lipinski definition) is 4. The minimum absolute atomic E-state index is 0.0988. The number of thiophene rings is 1. The molecule has 174 valence electrons. The quantitative estimate of drug-likeness (QED) is 0.359. The molecule has 1 fully saturated rings. The molecule has 0 aliphatic carbocycles. The third kappa shape index (κ3) is 6.30. The summed E-state index contributed by atoms with van der Waals surface area (Å²) in [4.78, 5) is 18.0. The molecule has 1 aliphatic rings. The molecule has 2 heterocycles. The standard InChI is InChI=1S/C26H28Cl2N2O2S/c1-18(2)21-4-6-22(7-5-21)32-16-20-14-25(33-17-20)26(31)30-11-9-29(10-12-30)15-19-3-8-23(27)24(28)13-19/h3-8,13-14,17-18H,9-12,15-16H2,1-2H3. The van der Waals surface area contributed by atoms with Gasteiger partial charge in [-0.05, 0) is 52.8 Å². The maximum Gasteiger partial charge on any atom is 0.264 e. The van der Waals surface area contributed by atoms with Crippen LogP contribution >= 0.6 is 34.5 Å². The van der Waals surface area contributed by atoms with Crippen LogP contribution in [0.1, 0.15) is 46.1 Å². The van der Waals surface area contributed by atoms with Gasteiger partial charge in [-0.25, -0.2) is 0 Å². The summed E-state index contributed by atoms with van der Waals surface area (Å²) in [5.74, 6) is 1.44. The Bertz CT molecular complexity index is 1090. The van der Waals surface area contributed by atoms with Gasteiger partial charge < -0.3 is 9.64 Å². The van der Waals surface area contributed by atoms with Gasteiger partial charge in [-0.2, -0.15) is 0 Å². The van der Waals surface area contributed by atoms with Crippen LogP contribution in [0.4, 0.5) is 0 Å². The van der Waals surface area contributed by atoms with Gasteiger partial charge in [-0.3, -0.25) is 9.69 Å². The maximum absolute atomic E-state index is 13.0. The number of benzene rings is 2. The molecule has 0 unspecified atom stereocenters. The molecule has 0 bridgehead atoms. The Hall–Kier alpha value is -2.05. The van der Waals surface area contributed by atoms with E-state index in [0.29, 0.717) is 35.7 Å². The zero-order valence-electron chi connectivity index (χ0n) is 18.9. The van der Waals surface area contributed by atoms with Crippen molar-refractivity contribution in [2.24, 2.45) is 0 Å². The van der Waals surface area contributed by atoms with Crippen LogP contribution < -0.4 is 4.74 Å². The molecule has 7 heteroatoms. The summed E-state index contributed by atoms with van der Waals surface area (Å²) < 4.78 is 5.91. The Labute approximate surface area is 209 Å². The highest BCUT2D eigenvalue weighted by molar-refractivity contribution is 7.12. The lowest BCUT2D eigenvalue weighted by atomic mass is 10.0. The Morgan fingerprint density at radius 2 is 1.70 bits per heavy atom. The first-order chi connectivity index (χ1) is 15.9. The second kappa shape index (κ2) is 10.9. The zero-order chi connectivity index (χ0) is 23.4. The third-order valence-electron chi connectivity index (χ3n) is 5.87. The number of amides is 1. The lowest BCUT2D eigenvalue weighted by Crippen LogP contribution is -2.48. The van der Waals surface area contributed by atoms with E-state index in [4.69, 9.17) is 27.9 Å². The second-order valence-electron chi connectivity index (χ2n) is 8.65. The molecule has 0 saturated carbocycles. The van der Waals surface area contributed by atoms with Crippen molar-refractivity contribution in [1.82, 2.24) is 9.80 Å². The second-order valence-corrected chi connectivity index (χ2v) is 10.4. The van der Waals surface area contributed by atoms with E-state index >= 15 is 0 Å². The summed E-state index contributed by atoms with van der Waals surface area (Å²) in [5.41, 5.74) is 3.45. The number of halogens is 2. The van der Waals surface area contributed by atoms with Crippen molar-refractivity contribution in [2.45, 2.75) is 32.9 Å². The van der Waals surface area contributed by atoms with Crippen molar-refractivity contribution >= 4 is 40.4 Å². The predicted molar refractivity (Wildman–Crippen MR) is 137 cm³/mol. The third-order valence-corrected chi connectivity index (χ3v) is 7.57. The average molecular weight is 503 g/mol. The van der Waals surface area contributed by atoms with E-state index in [1.165, 1.54) is 16.9 Å². The van der Waals surface area contributed by atoms with Crippen molar-refractivity contribution in [3.63, 3.8) is 0 Å². The van der Waals surface area contributed by atoms with Crippen molar-refractivity contribution in [2.75, 3.05) is 26.2 Å². The molecule has 1 aromatic heterocycles. The first-order valence-electron chi connectivity index (χ1n) is 11.1. The first-order valence-corrected chi connectivity index (χ1v) is 12.8. The van der Waals surface area contributed by atoms with Crippen molar-refractivity contribution in [3.05, 3.63) is 85.5 Å². The van der Waals surface area contributed by atoms with Gasteiger partial charge in [0, 0.05) is 38.3 Å². The lowest BCUT2D eigenvalue weighted by Gasteiger charge is -2.34. The van der Waals surface area contributed by atoms with Gasteiger partial charge in [0.15, 0.2) is 0 Å². The Morgan fingerprint density at radius 1 is 0.970 bits per heavy atom. The topological polar surface area (TPSA) is 32.8 Å². The van der Waals surface area contributed by atoms with Gasteiger partial charge in [0.25, 0.3) is 5.91 Å². The van der Waals surface area contributed by atoms with E-state index in [0.717, 1.165) is 41.4 Å². The maximum atomic E-state index is 13.0. The van der Waals surface area contributed by atoms with Crippen LogP contribution in [0, 0.1) is 0 Å². The molecule has 3 aromatic rings. The van der Waals surface area contributed by atoms with Gasteiger partial charge in [0.1, 0.15) is 12.4 Å². The Balaban J connectivity index is 1.26. The largest absolute Gasteiger partial charge is 0.489 e. The first kappa shape index (κ1) is 24.1. The van der Waals surface area contributed by atoms with Crippen LogP contribution in [0.5, 0.6) is 5.75 Å². The minimum Gasteiger partial charge on any atom is -0.489 e. The van der Waals surface area contributed by atoms with Crippen LogP contribution in [0.2, 0.25) is 10.0 Å². The number of hydrogen-bond donors (Lipinski definition) is 0. The molecule has 1 aliphatic heterocycles. The summed E-state index contributed by atoms with van der Waals surface area (Å²) in [6, 6.07) is 15.9. The van der Waals surface area contributed by atoms with Gasteiger partial charge in [-0.1, -0.05) is 55.2 Å². The fraction of sp³-hybridized carbons (Fsp3) is 0.346. The summed E-state index contributed by atoms with van der Waals surface area (Å²) in [7, 11) is 0. The molecule has 0 radical (unpaired) electrons. The molecule has 0 atom stereocenters. The Morgan fingerprint density at radius 3 is 2.36 bits per heavy atom. The normalized spacial score (nSPS) is 14.6. The molecule has 4 nitrogen and oxygen atoms in total. The SMILES string of the molecule is CC(C)c1ccc(OCc2csc(C(=O)N3CCN(Cc4ccc(Cl)c(Cl)c4)CC3)c2)cc1. The van der Waals surface area contributed by atoms with E-state index in [1.54, 1.807) is 0 Å². The monoisotopic (exact) mass is 502 g/mol. The lowest BCUT2D eigenvalue weighted by molar-refractivity contribution is 0.0633. The molecule has 0 N–H and O–H groups in total. The minimum atomic E-state index is 0.0988. The number of carbonyl (C=O) groups excluding carboxylic acids is 1. The molecular formula is C26H28Cl2N2O2S. The predicted octanol–water partition coefficient (Wildman–Crippen LogP) is 6.72. The number of ether oxygens (including phenoxy) is 1. The summed E-state index contributed by atoms with van der Waals surface area (Å²) >= 11 is 13.6. The molecule has 4 rings (SSSR count). The average Bonchev–Trinajstić information content (AvgIpc) is 3.29. The zero-order valence-corrected chi connectivity index (χ0v) is 21.2. The fourth-order valence-corrected chi connectivity index (χ4v) is 5.02. The molecule has 2 aromatic carbocycles. The van der Waals surface area contributed by atoms with E-state index < -0.39 is 0 Å². The van der Waals surface area contributed by atoms with Gasteiger partial charge in [0.2, 0.25) is 0 Å². The highest BCUT2D eigenvalue weighted by Crippen LogP contribution is 2.25. The van der Waals surface area contributed by atoms with Gasteiger partial charge in [-0.15, -0.1) is 11.3 Å². The van der Waals surface area contributed by atoms with Gasteiger partial charge >= 0.3 is 0 Å². The van der Waals surface area contributed by atoms with E-state index in [9.17, 15) is 4.79 Å². The highest BCUT2D eigenvalue weighted by Gasteiger charge is 2.23. The van der Waals surface area contributed by atoms with Crippen LogP contribution in [-0.2, 0) is 13.2 Å². The van der Waals surface area contributed by atoms with Crippen LogP contribution in [0.15, 0.2) is 53.9 Å². The number of piperazine rings is 1. The molecular weight excluding hydrogens is 475 g/mol. The summed E-state index contributed by atoms with van der Waals surface area (Å²) in [6.07, 6.45) is 0. The smallest absolute Gasteiger partial charge is 0.264 e. The fourth-order valence-electron chi connectivity index (χ4n) is 3.84. The van der Waals surface area contributed by atoms with Crippen molar-refractivity contribution < 1.29 is 9.53 Å². The number of rotatable bonds is 7. The van der Waals surface area contributed by atoms with Crippen LogP contribution in [0.3, 0.4) is 0 Å². The van der Waals surface area contributed by atoms with E-state index in [1.807, 2.05) is 46.7 Å². The van der Waals surface area contributed by atoms with E-state index in [-0.39, 0.29) is 5.91 Å². The van der Waals surface area contributed by atoms with Crippen molar-refractivity contribution in [3.8, 4) is 5.75 Å². The molecule has 1 amide bonds. The molecule has 1 saturated heterocycles. The summed E-state index contributed by atoms with van der Waals surface area (Å²) in [5, 5.41) is 3.16. The van der Waals surface area contributed by atoms with E-state index in [2.05, 4.69) is 30.9 Å². The van der Waals surface area contributed by atoms with Crippen LogP contribution in [0.25, 0.3) is 0 Å². The number of carbonyl (C=O) groups is 1. The van der Waals surface area contributed by atoms with Crippen LogP contribution in [-0.4, -0.2) is 41.9 Å². The highest BCUT2D eigenvalue weighted by atomic mass is 35.5. The molecule has 0 spiro atoms. The van der Waals surface area contributed by atoms with Crippen molar-refractivity contribution in [1.29, 1.82) is 0 Å². The number of nitrogens with zero attached hydrogens (tertiary/aromatic N) is 2. The summed E-state index contributed by atoms with van der Waals surface area (Å²) in [6.45, 7) is 8.71.